The number of hydrogen-bond donors (Lipinski definition) is 1. The van der Waals surface area contributed by atoms with Crippen molar-refractivity contribution < 1.29 is 0 Å². The largest absolute Gasteiger partial charge is 0.340 e. The average Bonchev–Trinajstić information content (AvgIpc) is 2.29. The molecular formula is C15H26N4. The number of anilines is 1. The molecule has 0 unspecified atom stereocenters. The van der Waals surface area contributed by atoms with Crippen molar-refractivity contribution >= 4 is 5.95 Å². The van der Waals surface area contributed by atoms with Crippen molar-refractivity contribution in [3.8, 4) is 0 Å². The molecule has 0 amide bonds. The summed E-state index contributed by atoms with van der Waals surface area (Å²) < 4.78 is 0. The summed E-state index contributed by atoms with van der Waals surface area (Å²) >= 11 is 0. The Labute approximate surface area is 117 Å². The Kier molecular flexibility index (Phi) is 5.96. The van der Waals surface area contributed by atoms with E-state index in [-0.39, 0.29) is 0 Å². The van der Waals surface area contributed by atoms with Gasteiger partial charge in [-0.05, 0) is 26.3 Å². The molecule has 1 aromatic heterocycles. The number of likely N-dealkylation sites (N-methyl/N-ethyl adjacent to an activating group) is 1. The fourth-order valence-corrected chi connectivity index (χ4v) is 1.81. The van der Waals surface area contributed by atoms with Gasteiger partial charge in [-0.3, -0.25) is 0 Å². The molecule has 4 heteroatoms. The molecule has 0 aliphatic carbocycles. The minimum atomic E-state index is 0.655. The Morgan fingerprint density at radius 1 is 1.47 bits per heavy atom. The van der Waals surface area contributed by atoms with Crippen LogP contribution >= 0.6 is 0 Å². The summed E-state index contributed by atoms with van der Waals surface area (Å²) in [7, 11) is 1.99. The normalized spacial score (nSPS) is 10.8. The summed E-state index contributed by atoms with van der Waals surface area (Å²) in [6.45, 7) is 15.0. The van der Waals surface area contributed by atoms with Crippen LogP contribution in [-0.4, -0.2) is 30.1 Å². The molecule has 0 fully saturated rings. The van der Waals surface area contributed by atoms with E-state index in [1.54, 1.807) is 0 Å². The SMILES string of the molecule is C=C(C)CN(C)c1ncc(CNCC(C)C)c(C)n1. The molecule has 0 atom stereocenters. The number of nitrogens with zero attached hydrogens (tertiary/aromatic N) is 3. The van der Waals surface area contributed by atoms with Crippen molar-refractivity contribution in [1.29, 1.82) is 0 Å². The van der Waals surface area contributed by atoms with Crippen LogP contribution in [0, 0.1) is 12.8 Å². The summed E-state index contributed by atoms with van der Waals surface area (Å²) in [6, 6.07) is 0. The molecule has 0 radical (unpaired) electrons. The zero-order chi connectivity index (χ0) is 14.4. The minimum absolute atomic E-state index is 0.655. The smallest absolute Gasteiger partial charge is 0.225 e. The summed E-state index contributed by atoms with van der Waals surface area (Å²) in [5, 5.41) is 3.42. The lowest BCUT2D eigenvalue weighted by molar-refractivity contribution is 0.550. The van der Waals surface area contributed by atoms with Crippen molar-refractivity contribution in [2.75, 3.05) is 25.0 Å². The van der Waals surface area contributed by atoms with Gasteiger partial charge in [-0.15, -0.1) is 0 Å². The third kappa shape index (κ3) is 5.39. The molecule has 1 rings (SSSR count). The molecule has 0 saturated carbocycles. The number of aryl methyl sites for hydroxylation is 1. The van der Waals surface area contributed by atoms with Gasteiger partial charge in [0.05, 0.1) is 0 Å². The van der Waals surface area contributed by atoms with Crippen LogP contribution in [0.15, 0.2) is 18.3 Å². The molecule has 19 heavy (non-hydrogen) atoms. The molecule has 0 aliphatic heterocycles. The molecular weight excluding hydrogens is 236 g/mol. The van der Waals surface area contributed by atoms with Crippen molar-refractivity contribution in [3.05, 3.63) is 29.6 Å². The van der Waals surface area contributed by atoms with Crippen LogP contribution in [0.1, 0.15) is 32.0 Å². The van der Waals surface area contributed by atoms with Crippen LogP contribution < -0.4 is 10.2 Å². The highest BCUT2D eigenvalue weighted by atomic mass is 15.2. The summed E-state index contributed by atoms with van der Waals surface area (Å²) in [4.78, 5) is 11.0. The van der Waals surface area contributed by atoms with Crippen LogP contribution in [0.3, 0.4) is 0 Å². The molecule has 106 valence electrons. The summed E-state index contributed by atoms with van der Waals surface area (Å²) in [6.07, 6.45) is 1.92. The maximum atomic E-state index is 4.56. The van der Waals surface area contributed by atoms with Crippen molar-refractivity contribution in [2.45, 2.75) is 34.2 Å². The van der Waals surface area contributed by atoms with Gasteiger partial charge in [0.15, 0.2) is 0 Å². The van der Waals surface area contributed by atoms with Gasteiger partial charge in [-0.1, -0.05) is 26.0 Å². The Bertz CT molecular complexity index is 426. The highest BCUT2D eigenvalue weighted by molar-refractivity contribution is 5.33. The van der Waals surface area contributed by atoms with Crippen molar-refractivity contribution in [1.82, 2.24) is 15.3 Å². The van der Waals surface area contributed by atoms with Crippen LogP contribution in [0.4, 0.5) is 5.95 Å². The Hall–Kier alpha value is -1.42. The van der Waals surface area contributed by atoms with Gasteiger partial charge < -0.3 is 10.2 Å². The van der Waals surface area contributed by atoms with E-state index in [4.69, 9.17) is 0 Å². The second-order valence-corrected chi connectivity index (χ2v) is 5.62. The average molecular weight is 262 g/mol. The molecule has 0 spiro atoms. The fraction of sp³-hybridized carbons (Fsp3) is 0.600. The van der Waals surface area contributed by atoms with E-state index < -0.39 is 0 Å². The van der Waals surface area contributed by atoms with E-state index in [2.05, 4.69) is 35.7 Å². The predicted molar refractivity (Wildman–Crippen MR) is 81.4 cm³/mol. The number of hydrogen-bond acceptors (Lipinski definition) is 4. The monoisotopic (exact) mass is 262 g/mol. The standard InChI is InChI=1S/C15H26N4/c1-11(2)7-16-8-14-9-17-15(18-13(14)5)19(6)10-12(3)4/h9,11,16H,3,7-8,10H2,1-2,4-6H3. The number of nitrogens with one attached hydrogen (secondary N) is 1. The predicted octanol–water partition coefficient (Wildman–Crippen LogP) is 2.54. The molecule has 0 bridgehead atoms. The molecule has 0 aromatic carbocycles. The first kappa shape index (κ1) is 15.6. The molecule has 0 saturated heterocycles. The maximum absolute atomic E-state index is 4.56. The molecule has 1 aromatic rings. The molecule has 0 aliphatic rings. The Morgan fingerprint density at radius 3 is 2.68 bits per heavy atom. The lowest BCUT2D eigenvalue weighted by Gasteiger charge is -2.18. The van der Waals surface area contributed by atoms with Gasteiger partial charge in [-0.2, -0.15) is 0 Å². The third-order valence-electron chi connectivity index (χ3n) is 2.78. The zero-order valence-electron chi connectivity index (χ0n) is 12.8. The lowest BCUT2D eigenvalue weighted by atomic mass is 10.2. The van der Waals surface area contributed by atoms with E-state index in [1.165, 1.54) is 0 Å². The zero-order valence-corrected chi connectivity index (χ0v) is 12.8. The van der Waals surface area contributed by atoms with Crippen LogP contribution in [0.25, 0.3) is 0 Å². The highest BCUT2D eigenvalue weighted by Crippen LogP contribution is 2.11. The van der Waals surface area contributed by atoms with Crippen LogP contribution in [0.5, 0.6) is 0 Å². The van der Waals surface area contributed by atoms with E-state index in [0.29, 0.717) is 5.92 Å². The van der Waals surface area contributed by atoms with E-state index in [0.717, 1.165) is 42.4 Å². The topological polar surface area (TPSA) is 41.1 Å². The quantitative estimate of drug-likeness (QED) is 0.767. The summed E-state index contributed by atoms with van der Waals surface area (Å²) in [5.74, 6) is 1.41. The fourth-order valence-electron chi connectivity index (χ4n) is 1.81. The van der Waals surface area contributed by atoms with Gasteiger partial charge in [0, 0.05) is 37.6 Å². The van der Waals surface area contributed by atoms with Gasteiger partial charge in [0.2, 0.25) is 5.95 Å². The number of rotatable bonds is 7. The van der Waals surface area contributed by atoms with Crippen LogP contribution in [-0.2, 0) is 6.54 Å². The maximum Gasteiger partial charge on any atom is 0.225 e. The van der Waals surface area contributed by atoms with Gasteiger partial charge in [-0.25, -0.2) is 9.97 Å². The third-order valence-corrected chi connectivity index (χ3v) is 2.78. The first-order valence-electron chi connectivity index (χ1n) is 6.79. The van der Waals surface area contributed by atoms with Gasteiger partial charge >= 0.3 is 0 Å². The first-order valence-corrected chi connectivity index (χ1v) is 6.79. The van der Waals surface area contributed by atoms with E-state index in [1.807, 2.05) is 32.0 Å². The Morgan fingerprint density at radius 2 is 2.16 bits per heavy atom. The van der Waals surface area contributed by atoms with Crippen molar-refractivity contribution in [2.24, 2.45) is 5.92 Å². The second-order valence-electron chi connectivity index (χ2n) is 5.62. The molecule has 1 N–H and O–H groups in total. The molecule has 4 nitrogen and oxygen atoms in total. The van der Waals surface area contributed by atoms with E-state index >= 15 is 0 Å². The highest BCUT2D eigenvalue weighted by Gasteiger charge is 2.07. The minimum Gasteiger partial charge on any atom is -0.340 e. The van der Waals surface area contributed by atoms with Crippen LogP contribution in [0.2, 0.25) is 0 Å². The van der Waals surface area contributed by atoms with E-state index in [9.17, 15) is 0 Å². The number of aromatic nitrogens is 2. The van der Waals surface area contributed by atoms with Gasteiger partial charge in [0.1, 0.15) is 0 Å². The lowest BCUT2D eigenvalue weighted by Crippen LogP contribution is -2.23. The second kappa shape index (κ2) is 7.24. The Balaban J connectivity index is 2.66. The first-order chi connectivity index (χ1) is 8.90. The van der Waals surface area contributed by atoms with Gasteiger partial charge in [0.25, 0.3) is 0 Å². The van der Waals surface area contributed by atoms with Crippen molar-refractivity contribution in [3.63, 3.8) is 0 Å². The molecule has 1 heterocycles. The summed E-state index contributed by atoms with van der Waals surface area (Å²) in [5.41, 5.74) is 3.30.